The molecule has 0 saturated carbocycles. The van der Waals surface area contributed by atoms with E-state index in [2.05, 4.69) is 11.1 Å². The van der Waals surface area contributed by atoms with Crippen molar-refractivity contribution in [3.8, 4) is 5.75 Å². The first-order valence-electron chi connectivity index (χ1n) is 7.18. The van der Waals surface area contributed by atoms with Crippen molar-refractivity contribution in [2.24, 2.45) is 5.73 Å². The molecule has 4 nitrogen and oxygen atoms in total. The van der Waals surface area contributed by atoms with E-state index in [0.29, 0.717) is 18.7 Å². The van der Waals surface area contributed by atoms with E-state index in [4.69, 9.17) is 10.5 Å². The summed E-state index contributed by atoms with van der Waals surface area (Å²) in [6, 6.07) is 6.19. The topological polar surface area (TPSA) is 65.2 Å². The van der Waals surface area contributed by atoms with Gasteiger partial charge >= 0.3 is 0 Å². The highest BCUT2D eigenvalue weighted by Crippen LogP contribution is 2.26. The van der Waals surface area contributed by atoms with Gasteiger partial charge in [0.1, 0.15) is 11.4 Å². The normalized spacial score (nSPS) is 13.0. The Hall–Kier alpha value is -1.72. The molecule has 21 heavy (non-hydrogen) atoms. The van der Waals surface area contributed by atoms with Crippen molar-refractivity contribution < 1.29 is 9.53 Å². The van der Waals surface area contributed by atoms with Gasteiger partial charge in [0, 0.05) is 24.6 Å². The predicted octanol–water partition coefficient (Wildman–Crippen LogP) is 2.39. The van der Waals surface area contributed by atoms with Gasteiger partial charge in [-0.3, -0.25) is 4.79 Å². The summed E-state index contributed by atoms with van der Waals surface area (Å²) in [5.74, 6) is 1.09. The van der Waals surface area contributed by atoms with Gasteiger partial charge < -0.3 is 10.5 Å². The Morgan fingerprint density at radius 2 is 2.29 bits per heavy atom. The zero-order valence-electron chi connectivity index (χ0n) is 11.8. The highest BCUT2D eigenvalue weighted by Gasteiger charge is 2.14. The number of benzene rings is 1. The van der Waals surface area contributed by atoms with Gasteiger partial charge in [0.15, 0.2) is 5.78 Å². The third kappa shape index (κ3) is 3.31. The summed E-state index contributed by atoms with van der Waals surface area (Å²) in [6.07, 6.45) is 2.94. The minimum Gasteiger partial charge on any atom is -0.493 e. The lowest BCUT2D eigenvalue weighted by molar-refractivity contribution is 0.0978. The van der Waals surface area contributed by atoms with Crippen molar-refractivity contribution in [1.29, 1.82) is 0 Å². The molecule has 0 radical (unpaired) electrons. The van der Waals surface area contributed by atoms with Gasteiger partial charge in [-0.2, -0.15) is 0 Å². The number of aryl methyl sites for hydroxylation is 1. The maximum Gasteiger partial charge on any atom is 0.182 e. The van der Waals surface area contributed by atoms with Crippen LogP contribution in [0.2, 0.25) is 0 Å². The summed E-state index contributed by atoms with van der Waals surface area (Å²) >= 11 is 1.51. The minimum atomic E-state index is 0.103. The van der Waals surface area contributed by atoms with Gasteiger partial charge in [0.05, 0.1) is 11.6 Å². The molecule has 0 unspecified atom stereocenters. The standard InChI is InChI=1S/C16H18N2O2S/c17-7-5-16-18-13(10-21-16)14(19)3-1-11-2-4-15-12(9-11)6-8-20-15/h2,4,9-10H,1,3,5-8,17H2. The number of fused-ring (bicyclic) bond motifs is 1. The SMILES string of the molecule is NCCc1nc(C(=O)CCc2ccc3c(c2)CCO3)cs1. The number of rotatable bonds is 6. The van der Waals surface area contributed by atoms with Gasteiger partial charge in [-0.05, 0) is 30.2 Å². The van der Waals surface area contributed by atoms with Crippen molar-refractivity contribution >= 4 is 17.1 Å². The van der Waals surface area contributed by atoms with Crippen molar-refractivity contribution in [3.63, 3.8) is 0 Å². The van der Waals surface area contributed by atoms with Gasteiger partial charge in [-0.15, -0.1) is 11.3 Å². The average molecular weight is 302 g/mol. The molecule has 110 valence electrons. The molecule has 0 saturated heterocycles. The third-order valence-corrected chi connectivity index (χ3v) is 4.50. The molecular formula is C16H18N2O2S. The minimum absolute atomic E-state index is 0.103. The molecule has 0 atom stereocenters. The van der Waals surface area contributed by atoms with Crippen molar-refractivity contribution in [2.45, 2.75) is 25.7 Å². The van der Waals surface area contributed by atoms with Gasteiger partial charge in [-0.1, -0.05) is 12.1 Å². The van der Waals surface area contributed by atoms with Crippen LogP contribution in [0.3, 0.4) is 0 Å². The number of nitrogens with zero attached hydrogens (tertiary/aromatic N) is 1. The first-order valence-corrected chi connectivity index (χ1v) is 8.06. The fourth-order valence-corrected chi connectivity index (χ4v) is 3.28. The van der Waals surface area contributed by atoms with Crippen molar-refractivity contribution in [1.82, 2.24) is 4.98 Å². The molecule has 3 rings (SSSR count). The zero-order valence-corrected chi connectivity index (χ0v) is 12.6. The van der Waals surface area contributed by atoms with Crippen LogP contribution in [0, 0.1) is 0 Å². The van der Waals surface area contributed by atoms with Crippen LogP contribution >= 0.6 is 11.3 Å². The first-order chi connectivity index (χ1) is 10.3. The highest BCUT2D eigenvalue weighted by molar-refractivity contribution is 7.09. The Kier molecular flexibility index (Phi) is 4.31. The van der Waals surface area contributed by atoms with Crippen LogP contribution in [-0.2, 0) is 19.3 Å². The largest absolute Gasteiger partial charge is 0.493 e. The molecule has 0 amide bonds. The summed E-state index contributed by atoms with van der Waals surface area (Å²) in [4.78, 5) is 16.5. The Labute approximate surface area is 128 Å². The molecule has 1 aromatic carbocycles. The first kappa shape index (κ1) is 14.2. The number of hydrogen-bond acceptors (Lipinski definition) is 5. The Morgan fingerprint density at radius 1 is 1.38 bits per heavy atom. The van der Waals surface area contributed by atoms with E-state index < -0.39 is 0 Å². The third-order valence-electron chi connectivity index (χ3n) is 3.59. The molecule has 0 aliphatic carbocycles. The maximum atomic E-state index is 12.2. The van der Waals surface area contributed by atoms with Crippen molar-refractivity contribution in [2.75, 3.05) is 13.2 Å². The number of thiazole rings is 1. The molecule has 0 bridgehead atoms. The Balaban J connectivity index is 1.60. The molecule has 2 aromatic rings. The van der Waals surface area contributed by atoms with Crippen LogP contribution in [0.1, 0.15) is 33.0 Å². The fourth-order valence-electron chi connectivity index (χ4n) is 2.46. The molecule has 5 heteroatoms. The molecule has 1 aliphatic rings. The van der Waals surface area contributed by atoms with E-state index >= 15 is 0 Å². The lowest BCUT2D eigenvalue weighted by Gasteiger charge is -2.03. The van der Waals surface area contributed by atoms with Crippen LogP contribution in [0.4, 0.5) is 0 Å². The summed E-state index contributed by atoms with van der Waals surface area (Å²) in [5, 5.41) is 2.78. The summed E-state index contributed by atoms with van der Waals surface area (Å²) in [5.41, 5.74) is 8.51. The summed E-state index contributed by atoms with van der Waals surface area (Å²) in [6.45, 7) is 1.33. The molecular weight excluding hydrogens is 284 g/mol. The number of Topliss-reactive ketones (excluding diaryl/α,β-unsaturated/α-hetero) is 1. The van der Waals surface area contributed by atoms with Crippen LogP contribution in [-0.4, -0.2) is 23.9 Å². The Morgan fingerprint density at radius 3 is 3.14 bits per heavy atom. The number of ketones is 1. The van der Waals surface area contributed by atoms with Crippen LogP contribution in [0.15, 0.2) is 23.6 Å². The van der Waals surface area contributed by atoms with E-state index in [1.807, 2.05) is 17.5 Å². The number of carbonyl (C=O) groups excluding carboxylic acids is 1. The van der Waals surface area contributed by atoms with Gasteiger partial charge in [0.2, 0.25) is 0 Å². The fraction of sp³-hybridized carbons (Fsp3) is 0.375. The molecule has 1 aliphatic heterocycles. The molecule has 0 fully saturated rings. The smallest absolute Gasteiger partial charge is 0.182 e. The van der Waals surface area contributed by atoms with Crippen LogP contribution < -0.4 is 10.5 Å². The average Bonchev–Trinajstić information content (AvgIpc) is 3.13. The second-order valence-corrected chi connectivity index (χ2v) is 6.07. The lowest BCUT2D eigenvalue weighted by Crippen LogP contribution is -2.05. The highest BCUT2D eigenvalue weighted by atomic mass is 32.1. The zero-order chi connectivity index (χ0) is 14.7. The molecule has 0 spiro atoms. The van der Waals surface area contributed by atoms with E-state index in [1.165, 1.54) is 22.5 Å². The number of aromatic nitrogens is 1. The molecule has 1 aromatic heterocycles. The van der Waals surface area contributed by atoms with E-state index in [1.54, 1.807) is 0 Å². The van der Waals surface area contributed by atoms with Crippen LogP contribution in [0.25, 0.3) is 0 Å². The lowest BCUT2D eigenvalue weighted by atomic mass is 10.0. The maximum absolute atomic E-state index is 12.2. The van der Waals surface area contributed by atoms with Gasteiger partial charge in [0.25, 0.3) is 0 Å². The van der Waals surface area contributed by atoms with Crippen molar-refractivity contribution in [3.05, 3.63) is 45.4 Å². The monoisotopic (exact) mass is 302 g/mol. The molecule has 2 N–H and O–H groups in total. The van der Waals surface area contributed by atoms with Gasteiger partial charge in [-0.25, -0.2) is 4.98 Å². The van der Waals surface area contributed by atoms with E-state index in [-0.39, 0.29) is 5.78 Å². The predicted molar refractivity (Wildman–Crippen MR) is 83.2 cm³/mol. The molecule has 2 heterocycles. The van der Waals surface area contributed by atoms with E-state index in [9.17, 15) is 4.79 Å². The number of hydrogen-bond donors (Lipinski definition) is 1. The van der Waals surface area contributed by atoms with Crippen LogP contribution in [0.5, 0.6) is 5.75 Å². The quantitative estimate of drug-likeness (QED) is 0.832. The number of carbonyl (C=O) groups is 1. The second kappa shape index (κ2) is 6.37. The summed E-state index contributed by atoms with van der Waals surface area (Å²) < 4.78 is 5.49. The number of ether oxygens (including phenoxy) is 1. The van der Waals surface area contributed by atoms with E-state index in [0.717, 1.165) is 36.6 Å². The second-order valence-electron chi connectivity index (χ2n) is 5.13. The summed E-state index contributed by atoms with van der Waals surface area (Å²) in [7, 11) is 0. The Bertz CT molecular complexity index is 651. The number of nitrogens with two attached hydrogens (primary N) is 1.